The molecule has 0 aliphatic rings. The molecule has 21 heavy (non-hydrogen) atoms. The van der Waals surface area contributed by atoms with E-state index in [1.807, 2.05) is 0 Å². The molecule has 2 N–H and O–H groups in total. The topological polar surface area (TPSA) is 109 Å². The lowest BCUT2D eigenvalue weighted by molar-refractivity contribution is -0.385. The molecule has 8 nitrogen and oxygen atoms in total. The van der Waals surface area contributed by atoms with Crippen LogP contribution in [-0.2, 0) is 0 Å². The Balaban J connectivity index is 2.00. The van der Waals surface area contributed by atoms with Crippen LogP contribution in [0.25, 0.3) is 5.65 Å². The molecule has 0 amide bonds. The SMILES string of the molecule is Cc1cc(Oc2nc(N)cn3ccnc23)ccc1[N+](=O)[O-]. The minimum atomic E-state index is -0.440. The number of aryl methyl sites for hydroxylation is 1. The second-order valence-corrected chi connectivity index (χ2v) is 4.44. The molecule has 0 spiro atoms. The second kappa shape index (κ2) is 4.75. The van der Waals surface area contributed by atoms with Gasteiger partial charge >= 0.3 is 0 Å². The van der Waals surface area contributed by atoms with Gasteiger partial charge in [-0.2, -0.15) is 4.98 Å². The molecular formula is C13H11N5O3. The molecule has 3 rings (SSSR count). The first-order chi connectivity index (χ1) is 10.0. The fraction of sp³-hybridized carbons (Fsp3) is 0.0769. The van der Waals surface area contributed by atoms with Crippen LogP contribution in [0.5, 0.6) is 11.6 Å². The van der Waals surface area contributed by atoms with E-state index >= 15 is 0 Å². The molecule has 0 fully saturated rings. The van der Waals surface area contributed by atoms with Gasteiger partial charge in [-0.05, 0) is 19.1 Å². The Bertz CT molecular complexity index is 843. The number of nitrogens with zero attached hydrogens (tertiary/aromatic N) is 4. The first-order valence-electron chi connectivity index (χ1n) is 6.06. The number of hydrogen-bond donors (Lipinski definition) is 1. The second-order valence-electron chi connectivity index (χ2n) is 4.44. The summed E-state index contributed by atoms with van der Waals surface area (Å²) in [6.45, 7) is 1.64. The fourth-order valence-electron chi connectivity index (χ4n) is 2.00. The number of hydrogen-bond acceptors (Lipinski definition) is 6. The Morgan fingerprint density at radius 3 is 2.95 bits per heavy atom. The van der Waals surface area contributed by atoms with Gasteiger partial charge in [-0.25, -0.2) is 4.98 Å². The molecule has 3 aromatic rings. The number of nitrogens with two attached hydrogens (primary N) is 1. The molecule has 0 aliphatic heterocycles. The van der Waals surface area contributed by atoms with Gasteiger partial charge in [-0.15, -0.1) is 0 Å². The predicted octanol–water partition coefficient (Wildman–Crippen LogP) is 2.32. The summed E-state index contributed by atoms with van der Waals surface area (Å²) in [6, 6.07) is 4.47. The normalized spacial score (nSPS) is 10.7. The van der Waals surface area contributed by atoms with Crippen molar-refractivity contribution >= 4 is 17.2 Å². The number of benzene rings is 1. The van der Waals surface area contributed by atoms with Crippen molar-refractivity contribution in [2.75, 3.05) is 5.73 Å². The van der Waals surface area contributed by atoms with Gasteiger partial charge in [-0.1, -0.05) is 0 Å². The Morgan fingerprint density at radius 1 is 1.43 bits per heavy atom. The van der Waals surface area contributed by atoms with Crippen LogP contribution in [0.1, 0.15) is 5.56 Å². The molecule has 1 aromatic carbocycles. The van der Waals surface area contributed by atoms with E-state index in [1.165, 1.54) is 12.1 Å². The van der Waals surface area contributed by atoms with Gasteiger partial charge in [0.1, 0.15) is 11.6 Å². The summed E-state index contributed by atoms with van der Waals surface area (Å²) in [4.78, 5) is 18.6. The molecule has 0 bridgehead atoms. The third kappa shape index (κ3) is 2.34. The number of nitrogen functional groups attached to an aromatic ring is 1. The van der Waals surface area contributed by atoms with Crippen molar-refractivity contribution in [3.63, 3.8) is 0 Å². The van der Waals surface area contributed by atoms with Crippen LogP contribution in [0.3, 0.4) is 0 Å². The van der Waals surface area contributed by atoms with Gasteiger partial charge in [-0.3, -0.25) is 14.5 Å². The van der Waals surface area contributed by atoms with Gasteiger partial charge in [0.2, 0.25) is 5.65 Å². The Kier molecular flexibility index (Phi) is 2.90. The number of imidazole rings is 1. The van der Waals surface area contributed by atoms with Crippen molar-refractivity contribution in [2.24, 2.45) is 0 Å². The van der Waals surface area contributed by atoms with E-state index < -0.39 is 4.92 Å². The van der Waals surface area contributed by atoms with Crippen molar-refractivity contribution in [3.8, 4) is 11.6 Å². The number of nitro benzene ring substituents is 1. The van der Waals surface area contributed by atoms with Crippen LogP contribution >= 0.6 is 0 Å². The van der Waals surface area contributed by atoms with Crippen LogP contribution in [0.2, 0.25) is 0 Å². The number of anilines is 1. The van der Waals surface area contributed by atoms with Gasteiger partial charge in [0, 0.05) is 24.0 Å². The molecule has 0 saturated carbocycles. The quantitative estimate of drug-likeness (QED) is 0.584. The van der Waals surface area contributed by atoms with E-state index in [4.69, 9.17) is 10.5 Å². The molecular weight excluding hydrogens is 274 g/mol. The van der Waals surface area contributed by atoms with Crippen molar-refractivity contribution in [2.45, 2.75) is 6.92 Å². The highest BCUT2D eigenvalue weighted by Crippen LogP contribution is 2.28. The molecule has 0 atom stereocenters. The van der Waals surface area contributed by atoms with Crippen LogP contribution in [0, 0.1) is 17.0 Å². The Labute approximate surface area is 119 Å². The first-order valence-corrected chi connectivity index (χ1v) is 6.06. The average Bonchev–Trinajstić information content (AvgIpc) is 2.86. The lowest BCUT2D eigenvalue weighted by Crippen LogP contribution is -1.99. The summed E-state index contributed by atoms with van der Waals surface area (Å²) in [5.41, 5.74) is 6.75. The van der Waals surface area contributed by atoms with E-state index in [-0.39, 0.29) is 17.4 Å². The largest absolute Gasteiger partial charge is 0.436 e. The lowest BCUT2D eigenvalue weighted by atomic mass is 10.2. The smallest absolute Gasteiger partial charge is 0.272 e. The third-order valence-electron chi connectivity index (χ3n) is 2.94. The molecule has 0 aliphatic carbocycles. The molecule has 106 valence electrons. The maximum atomic E-state index is 10.8. The summed E-state index contributed by atoms with van der Waals surface area (Å²) in [6.07, 6.45) is 4.95. The van der Waals surface area contributed by atoms with Crippen LogP contribution in [-0.4, -0.2) is 19.3 Å². The van der Waals surface area contributed by atoms with E-state index in [9.17, 15) is 10.1 Å². The van der Waals surface area contributed by atoms with E-state index in [0.29, 0.717) is 17.0 Å². The highest BCUT2D eigenvalue weighted by Gasteiger charge is 2.13. The van der Waals surface area contributed by atoms with Crippen molar-refractivity contribution in [3.05, 3.63) is 52.5 Å². The van der Waals surface area contributed by atoms with Crippen LogP contribution in [0.4, 0.5) is 11.5 Å². The number of rotatable bonds is 3. The minimum absolute atomic E-state index is 0.0360. The fourth-order valence-corrected chi connectivity index (χ4v) is 2.00. The minimum Gasteiger partial charge on any atom is -0.436 e. The number of ether oxygens (including phenoxy) is 1. The van der Waals surface area contributed by atoms with E-state index in [0.717, 1.165) is 0 Å². The predicted molar refractivity (Wildman–Crippen MR) is 75.3 cm³/mol. The number of aromatic nitrogens is 3. The number of nitro groups is 1. The van der Waals surface area contributed by atoms with Gasteiger partial charge in [0.05, 0.1) is 11.1 Å². The molecule has 2 heterocycles. The number of fused-ring (bicyclic) bond motifs is 1. The zero-order valence-corrected chi connectivity index (χ0v) is 11.1. The van der Waals surface area contributed by atoms with Crippen molar-refractivity contribution in [1.82, 2.24) is 14.4 Å². The molecule has 2 aromatic heterocycles. The highest BCUT2D eigenvalue weighted by molar-refractivity contribution is 5.54. The molecule has 0 unspecified atom stereocenters. The Morgan fingerprint density at radius 2 is 2.24 bits per heavy atom. The van der Waals surface area contributed by atoms with Crippen molar-refractivity contribution < 1.29 is 9.66 Å². The first kappa shape index (κ1) is 12.9. The zero-order chi connectivity index (χ0) is 15.0. The van der Waals surface area contributed by atoms with Gasteiger partial charge in [0.15, 0.2) is 0 Å². The van der Waals surface area contributed by atoms with Crippen LogP contribution in [0.15, 0.2) is 36.8 Å². The summed E-state index contributed by atoms with van der Waals surface area (Å²) in [5, 5.41) is 10.8. The van der Waals surface area contributed by atoms with E-state index in [1.54, 1.807) is 36.0 Å². The summed E-state index contributed by atoms with van der Waals surface area (Å²) in [5.74, 6) is 0.962. The van der Waals surface area contributed by atoms with Crippen molar-refractivity contribution in [1.29, 1.82) is 0 Å². The molecule has 0 saturated heterocycles. The highest BCUT2D eigenvalue weighted by atomic mass is 16.6. The van der Waals surface area contributed by atoms with Crippen LogP contribution < -0.4 is 10.5 Å². The maximum Gasteiger partial charge on any atom is 0.272 e. The monoisotopic (exact) mass is 285 g/mol. The van der Waals surface area contributed by atoms with Gasteiger partial charge < -0.3 is 10.5 Å². The summed E-state index contributed by atoms with van der Waals surface area (Å²) < 4.78 is 7.34. The zero-order valence-electron chi connectivity index (χ0n) is 11.1. The average molecular weight is 285 g/mol. The molecule has 8 heteroatoms. The summed E-state index contributed by atoms with van der Waals surface area (Å²) >= 11 is 0. The standard InChI is InChI=1S/C13H11N5O3/c1-8-6-9(2-3-10(8)18(19)20)21-13-12-15-4-5-17(12)7-11(14)16-13/h2-7H,14H2,1H3. The molecule has 0 radical (unpaired) electrons. The van der Waals surface area contributed by atoms with E-state index in [2.05, 4.69) is 9.97 Å². The third-order valence-corrected chi connectivity index (χ3v) is 2.94. The Hall–Kier alpha value is -3.16. The van der Waals surface area contributed by atoms with Gasteiger partial charge in [0.25, 0.3) is 11.6 Å². The maximum absolute atomic E-state index is 10.8. The lowest BCUT2D eigenvalue weighted by Gasteiger charge is -2.07. The summed E-state index contributed by atoms with van der Waals surface area (Å²) in [7, 11) is 0.